The van der Waals surface area contributed by atoms with Crippen LogP contribution in [0.3, 0.4) is 0 Å². The van der Waals surface area contributed by atoms with Crippen LogP contribution in [0.25, 0.3) is 10.1 Å². The van der Waals surface area contributed by atoms with Gasteiger partial charge in [-0.1, -0.05) is 42.8 Å². The van der Waals surface area contributed by atoms with E-state index in [4.69, 9.17) is 30.5 Å². The van der Waals surface area contributed by atoms with E-state index in [0.29, 0.717) is 33.9 Å². The van der Waals surface area contributed by atoms with Crippen molar-refractivity contribution >= 4 is 50.3 Å². The summed E-state index contributed by atoms with van der Waals surface area (Å²) >= 11 is 6.55. The Kier molecular flexibility index (Phi) is 8.72. The molecule has 0 bridgehead atoms. The van der Waals surface area contributed by atoms with Crippen molar-refractivity contribution in [3.63, 3.8) is 0 Å². The average molecular weight is 561 g/mol. The quantitative estimate of drug-likeness (QED) is 0.213. The van der Waals surface area contributed by atoms with E-state index in [1.54, 1.807) is 12.1 Å². The monoisotopic (exact) mass is 560 g/mol. The van der Waals surface area contributed by atoms with Gasteiger partial charge < -0.3 is 23.5 Å². The molecule has 0 saturated carbocycles. The molecule has 2 heterocycles. The fraction of sp³-hybridized carbons (Fsp3) is 0.393. The molecule has 1 fully saturated rings. The predicted octanol–water partition coefficient (Wildman–Crippen LogP) is 5.46. The molecule has 0 radical (unpaired) electrons. The van der Waals surface area contributed by atoms with Gasteiger partial charge in [0.1, 0.15) is 6.10 Å². The van der Waals surface area contributed by atoms with Crippen LogP contribution in [0.5, 0.6) is 0 Å². The smallest absolute Gasteiger partial charge is 0.303 e. The number of carbonyl (C=O) groups is 3. The minimum absolute atomic E-state index is 0.333. The lowest BCUT2D eigenvalue weighted by Crippen LogP contribution is -2.58. The highest BCUT2D eigenvalue weighted by Crippen LogP contribution is 2.41. The van der Waals surface area contributed by atoms with E-state index in [2.05, 4.69) is 0 Å². The summed E-state index contributed by atoms with van der Waals surface area (Å²) in [6.45, 7) is 5.56. The zero-order valence-corrected chi connectivity index (χ0v) is 23.0. The Morgan fingerprint density at radius 2 is 1.55 bits per heavy atom. The third-order valence-electron chi connectivity index (χ3n) is 6.38. The largest absolute Gasteiger partial charge is 0.590 e. The summed E-state index contributed by atoms with van der Waals surface area (Å²) in [6, 6.07) is 14.7. The molecule has 6 atom stereocenters. The van der Waals surface area contributed by atoms with Crippen LogP contribution in [0.15, 0.2) is 48.5 Å². The van der Waals surface area contributed by atoms with Crippen LogP contribution in [0.4, 0.5) is 0 Å². The summed E-state index contributed by atoms with van der Waals surface area (Å²) in [5.41, 5.74) is 1.33. The van der Waals surface area contributed by atoms with Gasteiger partial charge in [-0.3, -0.25) is 14.4 Å². The Balaban J connectivity index is 1.74. The van der Waals surface area contributed by atoms with Crippen molar-refractivity contribution < 1.29 is 37.9 Å². The molecule has 8 nitrogen and oxygen atoms in total. The van der Waals surface area contributed by atoms with Crippen LogP contribution >= 0.6 is 22.4 Å². The van der Waals surface area contributed by atoms with Gasteiger partial charge >= 0.3 is 17.9 Å². The molecule has 3 aromatic rings. The van der Waals surface area contributed by atoms with Crippen LogP contribution in [-0.4, -0.2) is 46.9 Å². The number of hydrogen-bond acceptors (Lipinski definition) is 8. The molecule has 2 unspecified atom stereocenters. The van der Waals surface area contributed by atoms with E-state index in [1.807, 2.05) is 43.3 Å². The number of carbonyl (C=O) groups excluding carboxylic acids is 3. The standard InChI is InChI=1S/C28H29ClO8S/c1-5-23-26(34-15(2)30)28(36-17(4)32)27(35-16(3)31)25(37-23)19-10-11-22(29)20(12-19)14-21-13-18-8-6-7-9-24(18)38(21)33/h6-13,23,25-28H,5,14H2,1-4H3/t23-,25?,26-,27+,28+,38?/m1/s1. The first-order chi connectivity index (χ1) is 18.1. The number of benzene rings is 2. The molecule has 0 aliphatic carbocycles. The zero-order chi connectivity index (χ0) is 27.6. The van der Waals surface area contributed by atoms with E-state index in [9.17, 15) is 18.9 Å². The Hall–Kier alpha value is -2.98. The Morgan fingerprint density at radius 1 is 0.921 bits per heavy atom. The van der Waals surface area contributed by atoms with Crippen molar-refractivity contribution in [1.29, 1.82) is 0 Å². The van der Waals surface area contributed by atoms with Crippen LogP contribution in [0, 0.1) is 0 Å². The summed E-state index contributed by atoms with van der Waals surface area (Å²) in [6.07, 6.45) is -3.89. The van der Waals surface area contributed by atoms with E-state index < -0.39 is 59.2 Å². The molecule has 0 spiro atoms. The molecule has 1 aliphatic heterocycles. The van der Waals surface area contributed by atoms with Crippen molar-refractivity contribution in [3.05, 3.63) is 69.6 Å². The minimum Gasteiger partial charge on any atom is -0.590 e. The maximum absolute atomic E-state index is 13.1. The zero-order valence-electron chi connectivity index (χ0n) is 21.5. The molecule has 1 aromatic heterocycles. The highest BCUT2D eigenvalue weighted by molar-refractivity contribution is 7.31. The first-order valence-electron chi connectivity index (χ1n) is 12.3. The second kappa shape index (κ2) is 11.8. The summed E-state index contributed by atoms with van der Waals surface area (Å²) < 4.78 is 36.8. The van der Waals surface area contributed by atoms with Gasteiger partial charge in [0.25, 0.3) is 0 Å². The Bertz CT molecular complexity index is 1350. The fourth-order valence-corrected chi connectivity index (χ4v) is 6.37. The molecule has 4 rings (SSSR count). The van der Waals surface area contributed by atoms with Crippen LogP contribution in [0.2, 0.25) is 5.02 Å². The molecular formula is C28H29ClO8S. The molecule has 202 valence electrons. The van der Waals surface area contributed by atoms with Gasteiger partial charge in [0.05, 0.1) is 6.10 Å². The first kappa shape index (κ1) is 28.0. The van der Waals surface area contributed by atoms with E-state index in [0.717, 1.165) is 10.1 Å². The summed E-state index contributed by atoms with van der Waals surface area (Å²) in [5.74, 6) is -1.82. The number of esters is 3. The van der Waals surface area contributed by atoms with Gasteiger partial charge in [0, 0.05) is 43.7 Å². The van der Waals surface area contributed by atoms with E-state index in [-0.39, 0.29) is 0 Å². The third kappa shape index (κ3) is 6.02. The number of rotatable bonds is 7. The predicted molar refractivity (Wildman–Crippen MR) is 141 cm³/mol. The van der Waals surface area contributed by atoms with Crippen LogP contribution in [-0.2, 0) is 39.8 Å². The lowest BCUT2D eigenvalue weighted by molar-refractivity contribution is -0.249. The first-order valence-corrected chi connectivity index (χ1v) is 13.8. The summed E-state index contributed by atoms with van der Waals surface area (Å²) in [5, 5.41) is 1.38. The second-order valence-electron chi connectivity index (χ2n) is 9.17. The van der Waals surface area contributed by atoms with Crippen molar-refractivity contribution in [3.8, 4) is 0 Å². The lowest BCUT2D eigenvalue weighted by Gasteiger charge is -2.44. The third-order valence-corrected chi connectivity index (χ3v) is 8.26. The maximum atomic E-state index is 13.1. The Labute approximate surface area is 228 Å². The Morgan fingerprint density at radius 3 is 2.18 bits per heavy atom. The van der Waals surface area contributed by atoms with E-state index in [1.165, 1.54) is 20.8 Å². The SMILES string of the molecule is CC[C@H]1OC(c2ccc(Cl)c(Cc3cc4ccccc4[s+]3[O-])c2)[C@H](OC(C)=O)[C@@H](OC(C)=O)[C@@H]1OC(C)=O. The van der Waals surface area contributed by atoms with Crippen molar-refractivity contribution in [2.45, 2.75) is 71.1 Å². The topological polar surface area (TPSA) is 111 Å². The van der Waals surface area contributed by atoms with Gasteiger partial charge in [0.2, 0.25) is 0 Å². The van der Waals surface area contributed by atoms with Crippen molar-refractivity contribution in [1.82, 2.24) is 0 Å². The molecule has 10 heteroatoms. The molecular weight excluding hydrogens is 532 g/mol. The molecule has 38 heavy (non-hydrogen) atoms. The van der Waals surface area contributed by atoms with Gasteiger partial charge in [0.15, 0.2) is 27.9 Å². The highest BCUT2D eigenvalue weighted by atomic mass is 35.5. The molecule has 0 N–H and O–H groups in total. The number of halogens is 1. The molecule has 0 amide bonds. The average Bonchev–Trinajstić information content (AvgIpc) is 3.17. The number of thiophene rings is 1. The van der Waals surface area contributed by atoms with Crippen LogP contribution < -0.4 is 0 Å². The number of fused-ring (bicyclic) bond motifs is 1. The normalized spacial score (nSPS) is 23.6. The van der Waals surface area contributed by atoms with Crippen LogP contribution in [0.1, 0.15) is 56.2 Å². The van der Waals surface area contributed by atoms with Gasteiger partial charge in [-0.05, 0) is 46.5 Å². The van der Waals surface area contributed by atoms with E-state index >= 15 is 0 Å². The van der Waals surface area contributed by atoms with Gasteiger partial charge in [-0.2, -0.15) is 0 Å². The summed E-state index contributed by atoms with van der Waals surface area (Å²) in [4.78, 5) is 36.7. The maximum Gasteiger partial charge on any atom is 0.303 e. The molecule has 1 saturated heterocycles. The lowest BCUT2D eigenvalue weighted by atomic mass is 9.88. The van der Waals surface area contributed by atoms with Gasteiger partial charge in [-0.25, -0.2) is 0 Å². The number of hydrogen-bond donors (Lipinski definition) is 0. The highest BCUT2D eigenvalue weighted by Gasteiger charge is 2.51. The molecule has 1 aliphatic rings. The summed E-state index contributed by atoms with van der Waals surface area (Å²) in [7, 11) is -1.30. The van der Waals surface area contributed by atoms with Gasteiger partial charge in [-0.15, -0.1) is 0 Å². The van der Waals surface area contributed by atoms with Crippen molar-refractivity contribution in [2.24, 2.45) is 0 Å². The fourth-order valence-electron chi connectivity index (χ4n) is 4.84. The van der Waals surface area contributed by atoms with Crippen molar-refractivity contribution in [2.75, 3.05) is 0 Å². The molecule has 2 aromatic carbocycles. The second-order valence-corrected chi connectivity index (χ2v) is 11.1. The number of ether oxygens (including phenoxy) is 4. The minimum atomic E-state index is -1.30.